The van der Waals surface area contributed by atoms with Crippen molar-refractivity contribution >= 4 is 23.5 Å². The maximum Gasteiger partial charge on any atom is 0.0897 e. The predicted molar refractivity (Wildman–Crippen MR) is 67.2 cm³/mol. The Kier molecular flexibility index (Phi) is 8.20. The number of hydrogen-bond acceptors (Lipinski definition) is 4. The third-order valence-corrected chi connectivity index (χ3v) is 4.05. The van der Waals surface area contributed by atoms with Crippen LogP contribution in [0, 0.1) is 0 Å². The Morgan fingerprint density at radius 1 is 0.786 bits per heavy atom. The summed E-state index contributed by atoms with van der Waals surface area (Å²) in [5, 5.41) is 20.2. The fourth-order valence-corrected chi connectivity index (χ4v) is 2.41. The normalized spacial score (nSPS) is 16.3. The highest BCUT2D eigenvalue weighted by Crippen LogP contribution is 2.16. The monoisotopic (exact) mass is 238 g/mol. The average Bonchev–Trinajstić information content (AvgIpc) is 2.09. The van der Waals surface area contributed by atoms with Crippen LogP contribution in [0.25, 0.3) is 0 Å². The molecule has 0 aromatic heterocycles. The summed E-state index contributed by atoms with van der Waals surface area (Å²) in [4.78, 5) is 0. The van der Waals surface area contributed by atoms with Crippen LogP contribution >= 0.6 is 23.5 Å². The molecule has 14 heavy (non-hydrogen) atoms. The van der Waals surface area contributed by atoms with Gasteiger partial charge in [-0.25, -0.2) is 0 Å². The first kappa shape index (κ1) is 14.6. The first-order valence-corrected chi connectivity index (χ1v) is 7.12. The van der Waals surface area contributed by atoms with Gasteiger partial charge >= 0.3 is 0 Å². The fourth-order valence-electron chi connectivity index (χ4n) is 0.804. The lowest BCUT2D eigenvalue weighted by Gasteiger charge is -2.18. The van der Waals surface area contributed by atoms with E-state index in [0.29, 0.717) is 22.0 Å². The van der Waals surface area contributed by atoms with Crippen LogP contribution in [0.3, 0.4) is 0 Å². The summed E-state index contributed by atoms with van der Waals surface area (Å²) in [6.07, 6.45) is -1.18. The van der Waals surface area contributed by atoms with Gasteiger partial charge in [-0.15, -0.1) is 0 Å². The fraction of sp³-hybridized carbons (Fsp3) is 1.00. The Morgan fingerprint density at radius 3 is 1.29 bits per heavy atom. The second kappa shape index (κ2) is 7.85. The number of rotatable bonds is 7. The molecule has 0 fully saturated rings. The van der Waals surface area contributed by atoms with Gasteiger partial charge in [-0.3, -0.25) is 0 Å². The molecule has 2 nitrogen and oxygen atoms in total. The van der Waals surface area contributed by atoms with Crippen molar-refractivity contribution in [2.45, 2.75) is 50.4 Å². The van der Waals surface area contributed by atoms with Crippen molar-refractivity contribution in [3.05, 3.63) is 0 Å². The molecule has 0 saturated heterocycles. The van der Waals surface area contributed by atoms with Gasteiger partial charge in [0.25, 0.3) is 0 Å². The minimum atomic E-state index is -0.589. The van der Waals surface area contributed by atoms with Crippen LogP contribution in [-0.4, -0.2) is 44.4 Å². The van der Waals surface area contributed by atoms with Crippen molar-refractivity contribution in [2.24, 2.45) is 0 Å². The van der Waals surface area contributed by atoms with E-state index in [4.69, 9.17) is 0 Å². The van der Waals surface area contributed by atoms with E-state index in [1.807, 2.05) is 0 Å². The molecule has 4 heteroatoms. The highest BCUT2D eigenvalue weighted by atomic mass is 32.2. The minimum absolute atomic E-state index is 0.509. The lowest BCUT2D eigenvalue weighted by Crippen LogP contribution is -2.31. The van der Waals surface area contributed by atoms with Crippen LogP contribution in [-0.2, 0) is 0 Å². The van der Waals surface area contributed by atoms with E-state index in [-0.39, 0.29) is 0 Å². The summed E-state index contributed by atoms with van der Waals surface area (Å²) in [6, 6.07) is 0. The van der Waals surface area contributed by atoms with E-state index < -0.39 is 12.2 Å². The van der Waals surface area contributed by atoms with E-state index in [1.165, 1.54) is 0 Å². The Hall–Kier alpha value is 0.620. The maximum atomic E-state index is 9.60. The standard InChI is InChI=1S/C10H22O2S2/c1-7(2)13-5-9(11)10(12)6-14-8(3)4/h7-12H,5-6H2,1-4H3. The molecule has 0 aromatic carbocycles. The number of thioether (sulfide) groups is 2. The summed E-state index contributed by atoms with van der Waals surface area (Å²) in [7, 11) is 0. The number of hydrogen-bond donors (Lipinski definition) is 2. The molecule has 2 unspecified atom stereocenters. The summed E-state index contributed by atoms with van der Waals surface area (Å²) >= 11 is 3.37. The molecule has 0 rings (SSSR count). The molecule has 86 valence electrons. The van der Waals surface area contributed by atoms with E-state index in [2.05, 4.69) is 27.7 Å². The molecular weight excluding hydrogens is 216 g/mol. The van der Waals surface area contributed by atoms with Crippen LogP contribution in [0.1, 0.15) is 27.7 Å². The SMILES string of the molecule is CC(C)SCC(O)C(O)CSC(C)C. The van der Waals surface area contributed by atoms with Gasteiger partial charge in [-0.2, -0.15) is 23.5 Å². The molecule has 0 aliphatic heterocycles. The largest absolute Gasteiger partial charge is 0.390 e. The molecule has 0 aliphatic carbocycles. The average molecular weight is 238 g/mol. The zero-order chi connectivity index (χ0) is 11.1. The van der Waals surface area contributed by atoms with Gasteiger partial charge in [-0.1, -0.05) is 27.7 Å². The van der Waals surface area contributed by atoms with Crippen molar-refractivity contribution < 1.29 is 10.2 Å². The van der Waals surface area contributed by atoms with Gasteiger partial charge in [-0.05, 0) is 10.5 Å². The molecule has 2 N–H and O–H groups in total. The van der Waals surface area contributed by atoms with Gasteiger partial charge in [0, 0.05) is 11.5 Å². The van der Waals surface area contributed by atoms with E-state index >= 15 is 0 Å². The van der Waals surface area contributed by atoms with Crippen LogP contribution in [0.2, 0.25) is 0 Å². The zero-order valence-corrected chi connectivity index (χ0v) is 11.1. The second-order valence-electron chi connectivity index (χ2n) is 3.90. The van der Waals surface area contributed by atoms with Crippen molar-refractivity contribution in [3.8, 4) is 0 Å². The van der Waals surface area contributed by atoms with Crippen LogP contribution in [0.4, 0.5) is 0 Å². The van der Waals surface area contributed by atoms with Gasteiger partial charge < -0.3 is 10.2 Å². The van der Waals surface area contributed by atoms with E-state index in [0.717, 1.165) is 0 Å². The summed E-state index contributed by atoms with van der Waals surface area (Å²) in [5.41, 5.74) is 0. The Bertz CT molecular complexity index is 124. The van der Waals surface area contributed by atoms with Crippen molar-refractivity contribution in [1.29, 1.82) is 0 Å². The predicted octanol–water partition coefficient (Wildman–Crippen LogP) is 1.99. The Labute approximate surface area is 95.9 Å². The molecule has 0 amide bonds. The molecule has 0 radical (unpaired) electrons. The molecule has 2 atom stereocenters. The minimum Gasteiger partial charge on any atom is -0.390 e. The second-order valence-corrected chi connectivity index (χ2v) is 7.12. The molecule has 0 aromatic rings. The third kappa shape index (κ3) is 7.97. The van der Waals surface area contributed by atoms with Gasteiger partial charge in [0.05, 0.1) is 12.2 Å². The molecular formula is C10H22O2S2. The molecule has 0 saturated carbocycles. The lowest BCUT2D eigenvalue weighted by atomic mass is 10.3. The van der Waals surface area contributed by atoms with E-state index in [9.17, 15) is 10.2 Å². The third-order valence-electron chi connectivity index (χ3n) is 1.64. The number of aliphatic hydroxyl groups is 2. The summed E-state index contributed by atoms with van der Waals surface area (Å²) in [5.74, 6) is 1.25. The highest BCUT2D eigenvalue weighted by molar-refractivity contribution is 8.00. The van der Waals surface area contributed by atoms with Crippen molar-refractivity contribution in [1.82, 2.24) is 0 Å². The smallest absolute Gasteiger partial charge is 0.0897 e. The van der Waals surface area contributed by atoms with Gasteiger partial charge in [0.15, 0.2) is 0 Å². The molecule has 0 heterocycles. The first-order chi connectivity index (χ1) is 6.43. The van der Waals surface area contributed by atoms with Crippen molar-refractivity contribution in [3.63, 3.8) is 0 Å². The Balaban J connectivity index is 3.59. The quantitative estimate of drug-likeness (QED) is 0.712. The van der Waals surface area contributed by atoms with Gasteiger partial charge in [0.2, 0.25) is 0 Å². The van der Waals surface area contributed by atoms with E-state index in [1.54, 1.807) is 23.5 Å². The molecule has 0 spiro atoms. The number of aliphatic hydroxyl groups excluding tert-OH is 2. The zero-order valence-electron chi connectivity index (χ0n) is 9.43. The lowest BCUT2D eigenvalue weighted by molar-refractivity contribution is 0.0499. The van der Waals surface area contributed by atoms with Gasteiger partial charge in [0.1, 0.15) is 0 Å². The van der Waals surface area contributed by atoms with Crippen LogP contribution in [0.15, 0.2) is 0 Å². The molecule has 0 bridgehead atoms. The van der Waals surface area contributed by atoms with Crippen LogP contribution in [0.5, 0.6) is 0 Å². The summed E-state index contributed by atoms with van der Waals surface area (Å²) in [6.45, 7) is 8.36. The maximum absolute atomic E-state index is 9.60. The van der Waals surface area contributed by atoms with Crippen molar-refractivity contribution in [2.75, 3.05) is 11.5 Å². The molecule has 0 aliphatic rings. The topological polar surface area (TPSA) is 40.5 Å². The Morgan fingerprint density at radius 2 is 1.07 bits per heavy atom. The highest BCUT2D eigenvalue weighted by Gasteiger charge is 2.17. The summed E-state index contributed by atoms with van der Waals surface area (Å²) < 4.78 is 0. The van der Waals surface area contributed by atoms with Crippen LogP contribution < -0.4 is 0 Å². The first-order valence-electron chi connectivity index (χ1n) is 5.02.